The molecule has 2 N–H and O–H groups in total. The fraction of sp³-hybridized carbons (Fsp3) is 0.400. The van der Waals surface area contributed by atoms with Crippen LogP contribution in [0.15, 0.2) is 24.7 Å². The Bertz CT molecular complexity index is 388. The molecule has 0 spiro atoms. The molecule has 15 heavy (non-hydrogen) atoms. The smallest absolute Gasteiger partial charge is 0.145 e. The number of nitrogens with two attached hydrogens (primary N) is 1. The summed E-state index contributed by atoms with van der Waals surface area (Å²) in [5.41, 5.74) is 6.78. The van der Waals surface area contributed by atoms with E-state index in [1.165, 1.54) is 5.56 Å². The molecule has 0 aliphatic carbocycles. The Morgan fingerprint density at radius 1 is 1.47 bits per heavy atom. The third kappa shape index (κ3) is 2.59. The van der Waals surface area contributed by atoms with Crippen molar-refractivity contribution >= 4 is 5.82 Å². The van der Waals surface area contributed by atoms with E-state index in [-0.39, 0.29) is 0 Å². The number of hydrogen-bond acceptors (Lipinski definition) is 3. The van der Waals surface area contributed by atoms with Gasteiger partial charge in [0, 0.05) is 26.0 Å². The Labute approximate surface area is 88.5 Å². The SMILES string of the molecule is Cn1cc(CCCn2ccc(N)n2)cn1. The van der Waals surface area contributed by atoms with Crippen LogP contribution in [0, 0.1) is 0 Å². The molecule has 5 nitrogen and oxygen atoms in total. The molecule has 0 aromatic carbocycles. The lowest BCUT2D eigenvalue weighted by molar-refractivity contribution is 0.580. The zero-order chi connectivity index (χ0) is 10.7. The first-order chi connectivity index (χ1) is 7.24. The van der Waals surface area contributed by atoms with Gasteiger partial charge in [-0.05, 0) is 24.5 Å². The largest absolute Gasteiger partial charge is 0.382 e. The number of nitrogens with zero attached hydrogens (tertiary/aromatic N) is 4. The highest BCUT2D eigenvalue weighted by molar-refractivity contribution is 5.23. The molecule has 2 aromatic heterocycles. The molecule has 0 unspecified atom stereocenters. The van der Waals surface area contributed by atoms with E-state index in [0.717, 1.165) is 19.4 Å². The number of aromatic nitrogens is 4. The van der Waals surface area contributed by atoms with Crippen LogP contribution in [0.3, 0.4) is 0 Å². The molecule has 0 aliphatic heterocycles. The molecule has 2 heterocycles. The Hall–Kier alpha value is -1.78. The standard InChI is InChI=1S/C10H15N5/c1-14-8-9(7-12-14)3-2-5-15-6-4-10(11)13-15/h4,6-8H,2-3,5H2,1H3,(H2,11,13). The monoisotopic (exact) mass is 205 g/mol. The van der Waals surface area contributed by atoms with Gasteiger partial charge in [-0.2, -0.15) is 10.2 Å². The van der Waals surface area contributed by atoms with Crippen molar-refractivity contribution in [3.63, 3.8) is 0 Å². The second-order valence-corrected chi connectivity index (χ2v) is 3.63. The Morgan fingerprint density at radius 3 is 2.93 bits per heavy atom. The lowest BCUT2D eigenvalue weighted by Crippen LogP contribution is -2.00. The molecule has 0 saturated carbocycles. The molecule has 80 valence electrons. The predicted molar refractivity (Wildman–Crippen MR) is 58.2 cm³/mol. The van der Waals surface area contributed by atoms with Crippen molar-refractivity contribution in [1.82, 2.24) is 19.6 Å². The van der Waals surface area contributed by atoms with E-state index in [1.54, 1.807) is 0 Å². The minimum absolute atomic E-state index is 0.580. The first kappa shape index (κ1) is 9.76. The highest BCUT2D eigenvalue weighted by atomic mass is 15.3. The molecule has 0 fully saturated rings. The Kier molecular flexibility index (Phi) is 2.71. The van der Waals surface area contributed by atoms with Crippen LogP contribution in [-0.4, -0.2) is 19.6 Å². The van der Waals surface area contributed by atoms with Crippen LogP contribution >= 0.6 is 0 Å². The first-order valence-corrected chi connectivity index (χ1v) is 5.00. The molecular formula is C10H15N5. The number of hydrogen-bond donors (Lipinski definition) is 1. The topological polar surface area (TPSA) is 61.7 Å². The van der Waals surface area contributed by atoms with Crippen LogP contribution in [-0.2, 0) is 20.0 Å². The summed E-state index contributed by atoms with van der Waals surface area (Å²) in [6.07, 6.45) is 7.91. The van der Waals surface area contributed by atoms with E-state index in [9.17, 15) is 0 Å². The van der Waals surface area contributed by atoms with E-state index in [2.05, 4.69) is 10.2 Å². The fourth-order valence-corrected chi connectivity index (χ4v) is 1.55. The summed E-state index contributed by atoms with van der Waals surface area (Å²) in [5.74, 6) is 0.580. The number of aryl methyl sites for hydroxylation is 3. The average molecular weight is 205 g/mol. The van der Waals surface area contributed by atoms with E-state index in [1.807, 2.05) is 41.1 Å². The molecule has 2 aromatic rings. The molecule has 0 radical (unpaired) electrons. The summed E-state index contributed by atoms with van der Waals surface area (Å²) in [7, 11) is 1.93. The Morgan fingerprint density at radius 2 is 2.33 bits per heavy atom. The van der Waals surface area contributed by atoms with Gasteiger partial charge in [0.05, 0.1) is 6.20 Å². The van der Waals surface area contributed by atoms with Crippen molar-refractivity contribution < 1.29 is 0 Å². The molecule has 0 aliphatic rings. The van der Waals surface area contributed by atoms with Gasteiger partial charge in [-0.25, -0.2) is 0 Å². The average Bonchev–Trinajstić information content (AvgIpc) is 2.76. The minimum atomic E-state index is 0.580. The molecule has 0 amide bonds. The second-order valence-electron chi connectivity index (χ2n) is 3.63. The summed E-state index contributed by atoms with van der Waals surface area (Å²) >= 11 is 0. The van der Waals surface area contributed by atoms with Crippen molar-refractivity contribution in [2.45, 2.75) is 19.4 Å². The van der Waals surface area contributed by atoms with Crippen LogP contribution in [0.25, 0.3) is 0 Å². The summed E-state index contributed by atoms with van der Waals surface area (Å²) in [6.45, 7) is 0.895. The third-order valence-corrected chi connectivity index (χ3v) is 2.27. The van der Waals surface area contributed by atoms with E-state index < -0.39 is 0 Å². The zero-order valence-corrected chi connectivity index (χ0v) is 8.80. The molecule has 0 saturated heterocycles. The highest BCUT2D eigenvalue weighted by Crippen LogP contribution is 2.03. The van der Waals surface area contributed by atoms with Gasteiger partial charge in [0.15, 0.2) is 0 Å². The predicted octanol–water partition coefficient (Wildman–Crippen LogP) is 0.832. The molecular weight excluding hydrogens is 190 g/mol. The maximum atomic E-state index is 5.52. The number of nitrogen functional groups attached to an aromatic ring is 1. The second kappa shape index (κ2) is 4.16. The van der Waals surface area contributed by atoms with Gasteiger partial charge >= 0.3 is 0 Å². The van der Waals surface area contributed by atoms with E-state index in [4.69, 9.17) is 5.73 Å². The van der Waals surface area contributed by atoms with Crippen molar-refractivity contribution in [1.29, 1.82) is 0 Å². The van der Waals surface area contributed by atoms with Gasteiger partial charge in [0.25, 0.3) is 0 Å². The fourth-order valence-electron chi connectivity index (χ4n) is 1.55. The van der Waals surface area contributed by atoms with Gasteiger partial charge in [-0.3, -0.25) is 9.36 Å². The normalized spacial score (nSPS) is 10.7. The van der Waals surface area contributed by atoms with Gasteiger partial charge < -0.3 is 5.73 Å². The van der Waals surface area contributed by atoms with Crippen LogP contribution in [0.1, 0.15) is 12.0 Å². The quantitative estimate of drug-likeness (QED) is 0.804. The van der Waals surface area contributed by atoms with E-state index >= 15 is 0 Å². The van der Waals surface area contributed by atoms with Crippen LogP contribution in [0.5, 0.6) is 0 Å². The maximum absolute atomic E-state index is 5.52. The molecule has 0 atom stereocenters. The van der Waals surface area contributed by atoms with Gasteiger partial charge in [-0.15, -0.1) is 0 Å². The van der Waals surface area contributed by atoms with Crippen LogP contribution in [0.2, 0.25) is 0 Å². The molecule has 2 rings (SSSR count). The summed E-state index contributed by atoms with van der Waals surface area (Å²) < 4.78 is 3.69. The lowest BCUT2D eigenvalue weighted by atomic mass is 10.2. The molecule has 5 heteroatoms. The van der Waals surface area contributed by atoms with E-state index in [0.29, 0.717) is 5.82 Å². The van der Waals surface area contributed by atoms with Crippen molar-refractivity contribution in [2.24, 2.45) is 7.05 Å². The van der Waals surface area contributed by atoms with Gasteiger partial charge in [0.2, 0.25) is 0 Å². The summed E-state index contributed by atoms with van der Waals surface area (Å²) in [5, 5.41) is 8.24. The lowest BCUT2D eigenvalue weighted by Gasteiger charge is -1.99. The highest BCUT2D eigenvalue weighted by Gasteiger charge is 1.98. The van der Waals surface area contributed by atoms with Crippen molar-refractivity contribution in [3.05, 3.63) is 30.2 Å². The summed E-state index contributed by atoms with van der Waals surface area (Å²) in [4.78, 5) is 0. The third-order valence-electron chi connectivity index (χ3n) is 2.27. The number of anilines is 1. The first-order valence-electron chi connectivity index (χ1n) is 5.00. The van der Waals surface area contributed by atoms with Gasteiger partial charge in [0.1, 0.15) is 5.82 Å². The van der Waals surface area contributed by atoms with Crippen LogP contribution < -0.4 is 5.73 Å². The van der Waals surface area contributed by atoms with Crippen molar-refractivity contribution in [2.75, 3.05) is 5.73 Å². The van der Waals surface area contributed by atoms with Crippen LogP contribution in [0.4, 0.5) is 5.82 Å². The minimum Gasteiger partial charge on any atom is -0.382 e. The zero-order valence-electron chi connectivity index (χ0n) is 8.80. The maximum Gasteiger partial charge on any atom is 0.145 e. The number of rotatable bonds is 4. The molecule has 0 bridgehead atoms. The summed E-state index contributed by atoms with van der Waals surface area (Å²) in [6, 6.07) is 1.81. The van der Waals surface area contributed by atoms with Crippen molar-refractivity contribution in [3.8, 4) is 0 Å². The van der Waals surface area contributed by atoms with Gasteiger partial charge in [-0.1, -0.05) is 0 Å². The Balaban J connectivity index is 1.80.